The fraction of sp³-hybridized carbons (Fsp3) is 0.588. The molecule has 0 unspecified atom stereocenters. The first-order valence-electron chi connectivity index (χ1n) is 7.80. The molecule has 1 fully saturated rings. The van der Waals surface area contributed by atoms with Crippen LogP contribution in [0.1, 0.15) is 32.1 Å². The van der Waals surface area contributed by atoms with Crippen LogP contribution in [0.5, 0.6) is 5.75 Å². The summed E-state index contributed by atoms with van der Waals surface area (Å²) < 4.78 is 5.16. The van der Waals surface area contributed by atoms with Crippen molar-refractivity contribution in [1.82, 2.24) is 4.90 Å². The molecule has 4 nitrogen and oxygen atoms in total. The van der Waals surface area contributed by atoms with Crippen molar-refractivity contribution in [3.63, 3.8) is 0 Å². The lowest BCUT2D eigenvalue weighted by Crippen LogP contribution is -2.34. The molecular weight excluding hydrogens is 264 g/mol. The number of nitrogens with zero attached hydrogens (tertiary/aromatic N) is 1. The molecule has 116 valence electrons. The van der Waals surface area contributed by atoms with Crippen LogP contribution >= 0.6 is 0 Å². The summed E-state index contributed by atoms with van der Waals surface area (Å²) in [4.78, 5) is 14.2. The maximum Gasteiger partial charge on any atom is 0.238 e. The molecule has 2 rings (SSSR count). The highest BCUT2D eigenvalue weighted by Crippen LogP contribution is 2.24. The third-order valence-electron chi connectivity index (χ3n) is 4.06. The number of hydrogen-bond acceptors (Lipinski definition) is 3. The van der Waals surface area contributed by atoms with Gasteiger partial charge in [0.1, 0.15) is 5.75 Å². The summed E-state index contributed by atoms with van der Waals surface area (Å²) in [5, 5.41) is 2.92. The number of carbonyl (C=O) groups is 1. The van der Waals surface area contributed by atoms with E-state index in [-0.39, 0.29) is 5.91 Å². The van der Waals surface area contributed by atoms with E-state index >= 15 is 0 Å². The molecule has 21 heavy (non-hydrogen) atoms. The average molecular weight is 290 g/mol. The monoisotopic (exact) mass is 290 g/mol. The number of methoxy groups -OCH3 is 1. The van der Waals surface area contributed by atoms with E-state index in [2.05, 4.69) is 10.2 Å². The summed E-state index contributed by atoms with van der Waals surface area (Å²) in [6.45, 7) is 1.46. The van der Waals surface area contributed by atoms with Gasteiger partial charge in [-0.25, -0.2) is 0 Å². The van der Waals surface area contributed by atoms with E-state index in [4.69, 9.17) is 4.74 Å². The van der Waals surface area contributed by atoms with Gasteiger partial charge in [-0.2, -0.15) is 0 Å². The van der Waals surface area contributed by atoms with Crippen molar-refractivity contribution in [2.24, 2.45) is 5.92 Å². The van der Waals surface area contributed by atoms with Crippen LogP contribution in [0, 0.1) is 5.92 Å². The zero-order valence-electron chi connectivity index (χ0n) is 13.1. The van der Waals surface area contributed by atoms with Crippen LogP contribution in [-0.2, 0) is 4.79 Å². The molecule has 0 atom stereocenters. The second-order valence-corrected chi connectivity index (χ2v) is 5.98. The highest BCUT2D eigenvalue weighted by Gasteiger charge is 2.16. The van der Waals surface area contributed by atoms with Crippen molar-refractivity contribution in [3.05, 3.63) is 24.3 Å². The lowest BCUT2D eigenvalue weighted by atomic mass is 9.89. The van der Waals surface area contributed by atoms with Gasteiger partial charge in [0.15, 0.2) is 0 Å². The van der Waals surface area contributed by atoms with E-state index in [1.54, 1.807) is 7.11 Å². The molecule has 1 aromatic carbocycles. The Bertz CT molecular complexity index is 456. The largest absolute Gasteiger partial charge is 0.497 e. The first kappa shape index (κ1) is 15.8. The summed E-state index contributed by atoms with van der Waals surface area (Å²) in [5.41, 5.74) is 0.783. The number of hydrogen-bond donors (Lipinski definition) is 1. The summed E-state index contributed by atoms with van der Waals surface area (Å²) in [6, 6.07) is 7.45. The first-order valence-corrected chi connectivity index (χ1v) is 7.80. The van der Waals surface area contributed by atoms with E-state index in [0.29, 0.717) is 6.54 Å². The zero-order valence-corrected chi connectivity index (χ0v) is 13.1. The van der Waals surface area contributed by atoms with Crippen LogP contribution in [0.2, 0.25) is 0 Å². The fourth-order valence-corrected chi connectivity index (χ4v) is 3.02. The standard InChI is InChI=1S/C17H26N2O2/c1-19(12-14-7-4-3-5-8-14)13-17(20)18-15-9-6-10-16(11-15)21-2/h6,9-11,14H,3-5,7-8,12-13H2,1-2H3,(H,18,20). The Morgan fingerprint density at radius 2 is 2.10 bits per heavy atom. The summed E-state index contributed by atoms with van der Waals surface area (Å²) in [5.74, 6) is 1.54. The van der Waals surface area contributed by atoms with Crippen LogP contribution in [0.25, 0.3) is 0 Å². The molecule has 1 aromatic rings. The molecule has 1 aliphatic rings. The lowest BCUT2D eigenvalue weighted by Gasteiger charge is -2.26. The van der Waals surface area contributed by atoms with E-state index in [9.17, 15) is 4.79 Å². The van der Waals surface area contributed by atoms with Crippen molar-refractivity contribution in [2.45, 2.75) is 32.1 Å². The van der Waals surface area contributed by atoms with Gasteiger partial charge < -0.3 is 10.1 Å². The molecule has 0 aromatic heterocycles. The number of anilines is 1. The lowest BCUT2D eigenvalue weighted by molar-refractivity contribution is -0.117. The van der Waals surface area contributed by atoms with Crippen molar-refractivity contribution < 1.29 is 9.53 Å². The highest BCUT2D eigenvalue weighted by molar-refractivity contribution is 5.92. The third kappa shape index (κ3) is 5.38. The maximum absolute atomic E-state index is 12.1. The Labute approximate surface area is 127 Å². The summed E-state index contributed by atoms with van der Waals surface area (Å²) >= 11 is 0. The van der Waals surface area contributed by atoms with Gasteiger partial charge in [-0.15, -0.1) is 0 Å². The average Bonchev–Trinajstić information content (AvgIpc) is 2.48. The van der Waals surface area contributed by atoms with Gasteiger partial charge in [-0.05, 0) is 37.9 Å². The maximum atomic E-state index is 12.1. The quantitative estimate of drug-likeness (QED) is 0.875. The summed E-state index contributed by atoms with van der Waals surface area (Å²) in [7, 11) is 3.65. The predicted molar refractivity (Wildman–Crippen MR) is 85.7 cm³/mol. The number of likely N-dealkylation sites (N-methyl/N-ethyl adjacent to an activating group) is 1. The van der Waals surface area contributed by atoms with Crippen LogP contribution in [0.4, 0.5) is 5.69 Å². The highest BCUT2D eigenvalue weighted by atomic mass is 16.5. The van der Waals surface area contributed by atoms with Crippen molar-refractivity contribution in [2.75, 3.05) is 32.6 Å². The number of ether oxygens (including phenoxy) is 1. The SMILES string of the molecule is COc1cccc(NC(=O)CN(C)CC2CCCCC2)c1. The second-order valence-electron chi connectivity index (χ2n) is 5.98. The number of carbonyl (C=O) groups excluding carboxylic acids is 1. The van der Waals surface area contributed by atoms with Gasteiger partial charge in [0.05, 0.1) is 13.7 Å². The Morgan fingerprint density at radius 3 is 2.81 bits per heavy atom. The molecule has 0 heterocycles. The van der Waals surface area contributed by atoms with Crippen LogP contribution in [-0.4, -0.2) is 38.1 Å². The molecule has 1 aliphatic carbocycles. The van der Waals surface area contributed by atoms with Crippen molar-refractivity contribution in [3.8, 4) is 5.75 Å². The molecule has 0 spiro atoms. The van der Waals surface area contributed by atoms with Gasteiger partial charge in [0.2, 0.25) is 5.91 Å². The van der Waals surface area contributed by atoms with E-state index < -0.39 is 0 Å². The molecule has 1 N–H and O–H groups in total. The number of nitrogens with one attached hydrogen (secondary N) is 1. The Hall–Kier alpha value is -1.55. The van der Waals surface area contributed by atoms with E-state index in [1.165, 1.54) is 32.1 Å². The Kier molecular flexibility index (Phi) is 6.05. The number of amides is 1. The molecule has 0 radical (unpaired) electrons. The van der Waals surface area contributed by atoms with Gasteiger partial charge in [0, 0.05) is 18.3 Å². The van der Waals surface area contributed by atoms with Gasteiger partial charge in [-0.1, -0.05) is 25.3 Å². The topological polar surface area (TPSA) is 41.6 Å². The van der Waals surface area contributed by atoms with Crippen molar-refractivity contribution >= 4 is 11.6 Å². The minimum atomic E-state index is 0.0292. The van der Waals surface area contributed by atoms with Gasteiger partial charge in [-0.3, -0.25) is 9.69 Å². The molecule has 0 aliphatic heterocycles. The minimum absolute atomic E-state index is 0.0292. The van der Waals surface area contributed by atoms with E-state index in [0.717, 1.165) is 23.9 Å². The van der Waals surface area contributed by atoms with Crippen LogP contribution < -0.4 is 10.1 Å². The number of rotatable bonds is 6. The molecular formula is C17H26N2O2. The van der Waals surface area contributed by atoms with E-state index in [1.807, 2.05) is 31.3 Å². The predicted octanol–water partition coefficient (Wildman–Crippen LogP) is 3.15. The summed E-state index contributed by atoms with van der Waals surface area (Å²) in [6.07, 6.45) is 6.67. The van der Waals surface area contributed by atoms with Crippen LogP contribution in [0.3, 0.4) is 0 Å². The molecule has 1 saturated carbocycles. The van der Waals surface area contributed by atoms with Crippen molar-refractivity contribution in [1.29, 1.82) is 0 Å². The molecule has 4 heteroatoms. The Morgan fingerprint density at radius 1 is 1.33 bits per heavy atom. The van der Waals surface area contributed by atoms with Crippen LogP contribution in [0.15, 0.2) is 24.3 Å². The smallest absolute Gasteiger partial charge is 0.238 e. The minimum Gasteiger partial charge on any atom is -0.497 e. The fourth-order valence-electron chi connectivity index (χ4n) is 3.02. The molecule has 1 amide bonds. The van der Waals surface area contributed by atoms with Gasteiger partial charge >= 0.3 is 0 Å². The normalized spacial score (nSPS) is 16.0. The molecule has 0 saturated heterocycles. The zero-order chi connectivity index (χ0) is 15.1. The number of benzene rings is 1. The Balaban J connectivity index is 1.77. The first-order chi connectivity index (χ1) is 10.2. The van der Waals surface area contributed by atoms with Gasteiger partial charge in [0.25, 0.3) is 0 Å². The third-order valence-corrected chi connectivity index (χ3v) is 4.06. The molecule has 0 bridgehead atoms. The second kappa shape index (κ2) is 8.03.